The highest BCUT2D eigenvalue weighted by Crippen LogP contribution is 2.23. The van der Waals surface area contributed by atoms with Crippen LogP contribution in [-0.2, 0) is 27.4 Å². The van der Waals surface area contributed by atoms with Crippen LogP contribution in [0.3, 0.4) is 0 Å². The van der Waals surface area contributed by atoms with Crippen molar-refractivity contribution >= 4 is 26.8 Å². The summed E-state index contributed by atoms with van der Waals surface area (Å²) in [6.07, 6.45) is -0.568. The molecule has 0 amide bonds. The fourth-order valence-electron chi connectivity index (χ4n) is 3.53. The summed E-state index contributed by atoms with van der Waals surface area (Å²) in [5, 5.41) is 0. The standard InChI is InChI=1S/C24H22N2O4S/c1-17(23-25-21-13-6-7-14-22(21)26(23)2)30-24(27)19-10-8-9-18(15-19)16-31(28,29)20-11-4-3-5-12-20/h3-15,17H,16H2,1-2H3/t17-/m1/s1. The molecule has 0 saturated carbocycles. The molecule has 6 nitrogen and oxygen atoms in total. The summed E-state index contributed by atoms with van der Waals surface area (Å²) in [5.41, 5.74) is 2.60. The highest BCUT2D eigenvalue weighted by molar-refractivity contribution is 7.90. The molecule has 0 saturated heterocycles. The first-order chi connectivity index (χ1) is 14.8. The molecule has 1 aromatic heterocycles. The van der Waals surface area contributed by atoms with Gasteiger partial charge < -0.3 is 9.30 Å². The van der Waals surface area contributed by atoms with Gasteiger partial charge in [-0.3, -0.25) is 0 Å². The Morgan fingerprint density at radius 2 is 1.71 bits per heavy atom. The minimum absolute atomic E-state index is 0.196. The molecular formula is C24H22N2O4S. The van der Waals surface area contributed by atoms with E-state index in [1.807, 2.05) is 35.9 Å². The Hall–Kier alpha value is -3.45. The molecule has 0 bridgehead atoms. The Morgan fingerprint density at radius 3 is 2.45 bits per heavy atom. The van der Waals surface area contributed by atoms with Crippen molar-refractivity contribution in [2.45, 2.75) is 23.7 Å². The Balaban J connectivity index is 1.52. The third-order valence-electron chi connectivity index (χ3n) is 5.09. The van der Waals surface area contributed by atoms with Crippen LogP contribution in [0.5, 0.6) is 0 Å². The normalized spacial score (nSPS) is 12.6. The number of fused-ring (bicyclic) bond motifs is 1. The number of sulfone groups is 1. The predicted molar refractivity (Wildman–Crippen MR) is 118 cm³/mol. The first kappa shape index (κ1) is 20.8. The number of carbonyl (C=O) groups excluding carboxylic acids is 1. The van der Waals surface area contributed by atoms with Gasteiger partial charge in [-0.05, 0) is 48.9 Å². The molecule has 7 heteroatoms. The molecule has 4 rings (SSSR count). The van der Waals surface area contributed by atoms with E-state index in [1.165, 1.54) is 0 Å². The summed E-state index contributed by atoms with van der Waals surface area (Å²) in [6, 6.07) is 22.5. The average molecular weight is 435 g/mol. The van der Waals surface area contributed by atoms with Gasteiger partial charge in [0.2, 0.25) is 0 Å². The van der Waals surface area contributed by atoms with E-state index < -0.39 is 21.9 Å². The van der Waals surface area contributed by atoms with E-state index >= 15 is 0 Å². The summed E-state index contributed by atoms with van der Waals surface area (Å²) < 4.78 is 32.8. The maximum atomic E-state index is 12.7. The SMILES string of the molecule is C[C@@H](OC(=O)c1cccc(CS(=O)(=O)c2ccccc2)c1)c1nc2ccccc2n1C. The predicted octanol–water partition coefficient (Wildman–Crippen LogP) is 4.47. The number of nitrogens with zero attached hydrogens (tertiary/aromatic N) is 2. The number of esters is 1. The molecule has 3 aromatic carbocycles. The van der Waals surface area contributed by atoms with E-state index in [0.717, 1.165) is 11.0 Å². The van der Waals surface area contributed by atoms with Crippen LogP contribution in [-0.4, -0.2) is 23.9 Å². The van der Waals surface area contributed by atoms with Crippen molar-refractivity contribution in [3.8, 4) is 0 Å². The Morgan fingerprint density at radius 1 is 1.00 bits per heavy atom. The zero-order chi connectivity index (χ0) is 22.0. The van der Waals surface area contributed by atoms with E-state index in [2.05, 4.69) is 4.98 Å². The molecule has 31 heavy (non-hydrogen) atoms. The van der Waals surface area contributed by atoms with Gasteiger partial charge in [0.15, 0.2) is 21.8 Å². The van der Waals surface area contributed by atoms with Crippen molar-refractivity contribution in [2.24, 2.45) is 7.05 Å². The Bertz CT molecular complexity index is 1340. The van der Waals surface area contributed by atoms with Crippen molar-refractivity contribution in [3.63, 3.8) is 0 Å². The monoisotopic (exact) mass is 434 g/mol. The van der Waals surface area contributed by atoms with Gasteiger partial charge in [0.05, 0.1) is 27.2 Å². The van der Waals surface area contributed by atoms with Crippen LogP contribution in [0.15, 0.2) is 83.8 Å². The summed E-state index contributed by atoms with van der Waals surface area (Å²) in [5.74, 6) is -0.0887. The van der Waals surface area contributed by atoms with Crippen LogP contribution in [0.2, 0.25) is 0 Å². The minimum Gasteiger partial charge on any atom is -0.451 e. The lowest BCUT2D eigenvalue weighted by Gasteiger charge is -2.14. The number of carbonyl (C=O) groups is 1. The fourth-order valence-corrected chi connectivity index (χ4v) is 4.88. The van der Waals surface area contributed by atoms with E-state index in [4.69, 9.17) is 4.74 Å². The molecule has 158 valence electrons. The van der Waals surface area contributed by atoms with Crippen LogP contribution in [0.1, 0.15) is 34.8 Å². The Kier molecular flexibility index (Phi) is 5.61. The van der Waals surface area contributed by atoms with Gasteiger partial charge >= 0.3 is 5.97 Å². The van der Waals surface area contributed by atoms with Gasteiger partial charge in [0, 0.05) is 7.05 Å². The largest absolute Gasteiger partial charge is 0.451 e. The number of aryl methyl sites for hydroxylation is 1. The number of ether oxygens (including phenoxy) is 1. The topological polar surface area (TPSA) is 78.3 Å². The van der Waals surface area contributed by atoms with Crippen LogP contribution < -0.4 is 0 Å². The molecule has 0 aliphatic heterocycles. The summed E-state index contributed by atoms with van der Waals surface area (Å²) in [7, 11) is -1.63. The zero-order valence-corrected chi connectivity index (χ0v) is 18.0. The lowest BCUT2D eigenvalue weighted by atomic mass is 10.1. The summed E-state index contributed by atoms with van der Waals surface area (Å²) in [6.45, 7) is 1.77. The molecule has 0 spiro atoms. The molecule has 0 radical (unpaired) electrons. The molecule has 0 unspecified atom stereocenters. The number of hydrogen-bond acceptors (Lipinski definition) is 5. The van der Waals surface area contributed by atoms with Gasteiger partial charge in [0.25, 0.3) is 0 Å². The van der Waals surface area contributed by atoms with E-state index in [1.54, 1.807) is 61.5 Å². The van der Waals surface area contributed by atoms with Crippen molar-refractivity contribution in [1.82, 2.24) is 9.55 Å². The molecule has 0 fully saturated rings. The molecule has 0 N–H and O–H groups in total. The molecule has 1 heterocycles. The molecule has 0 aliphatic carbocycles. The molecular weight excluding hydrogens is 412 g/mol. The molecule has 1 atom stereocenters. The maximum Gasteiger partial charge on any atom is 0.338 e. The van der Waals surface area contributed by atoms with E-state index in [0.29, 0.717) is 17.0 Å². The smallest absolute Gasteiger partial charge is 0.338 e. The second kappa shape index (κ2) is 8.35. The van der Waals surface area contributed by atoms with Crippen molar-refractivity contribution in [1.29, 1.82) is 0 Å². The van der Waals surface area contributed by atoms with Crippen molar-refractivity contribution in [3.05, 3.63) is 95.8 Å². The van der Waals surface area contributed by atoms with E-state index in [9.17, 15) is 13.2 Å². The van der Waals surface area contributed by atoms with Crippen LogP contribution >= 0.6 is 0 Å². The van der Waals surface area contributed by atoms with Gasteiger partial charge in [-0.25, -0.2) is 18.2 Å². The van der Waals surface area contributed by atoms with Gasteiger partial charge in [0.1, 0.15) is 0 Å². The average Bonchev–Trinajstić information content (AvgIpc) is 3.11. The summed E-state index contributed by atoms with van der Waals surface area (Å²) >= 11 is 0. The first-order valence-corrected chi connectivity index (χ1v) is 11.5. The Labute approximate surface area is 181 Å². The van der Waals surface area contributed by atoms with Crippen molar-refractivity contribution < 1.29 is 17.9 Å². The number of aromatic nitrogens is 2. The zero-order valence-electron chi connectivity index (χ0n) is 17.2. The number of hydrogen-bond donors (Lipinski definition) is 0. The van der Waals surface area contributed by atoms with Crippen LogP contribution in [0, 0.1) is 0 Å². The highest BCUT2D eigenvalue weighted by Gasteiger charge is 2.20. The third-order valence-corrected chi connectivity index (χ3v) is 6.79. The fraction of sp³-hybridized carbons (Fsp3) is 0.167. The number of para-hydroxylation sites is 2. The van der Waals surface area contributed by atoms with Crippen LogP contribution in [0.25, 0.3) is 11.0 Å². The van der Waals surface area contributed by atoms with Gasteiger partial charge in [-0.2, -0.15) is 0 Å². The first-order valence-electron chi connectivity index (χ1n) is 9.84. The third kappa shape index (κ3) is 4.36. The quantitative estimate of drug-likeness (QED) is 0.419. The van der Waals surface area contributed by atoms with Crippen LogP contribution in [0.4, 0.5) is 0 Å². The second-order valence-electron chi connectivity index (χ2n) is 7.34. The van der Waals surface area contributed by atoms with Gasteiger partial charge in [-0.15, -0.1) is 0 Å². The highest BCUT2D eigenvalue weighted by atomic mass is 32.2. The maximum absolute atomic E-state index is 12.7. The number of benzene rings is 3. The van der Waals surface area contributed by atoms with Crippen molar-refractivity contribution in [2.75, 3.05) is 0 Å². The molecule has 0 aliphatic rings. The molecule has 4 aromatic rings. The lowest BCUT2D eigenvalue weighted by Crippen LogP contribution is -2.13. The van der Waals surface area contributed by atoms with Gasteiger partial charge in [-0.1, -0.05) is 42.5 Å². The van der Waals surface area contributed by atoms with E-state index in [-0.39, 0.29) is 10.6 Å². The second-order valence-corrected chi connectivity index (χ2v) is 9.33. The minimum atomic E-state index is -3.51. The lowest BCUT2D eigenvalue weighted by molar-refractivity contribution is 0.0315. The number of imidazole rings is 1. The summed E-state index contributed by atoms with van der Waals surface area (Å²) in [4.78, 5) is 17.5. The number of rotatable bonds is 6.